The summed E-state index contributed by atoms with van der Waals surface area (Å²) in [6.45, 7) is 0. The third kappa shape index (κ3) is 11.6. The smallest absolute Gasteiger partial charge is 0.261 e. The number of hydrogen-bond donors (Lipinski definition) is 2. The molecule has 10 nitrogen and oxygen atoms in total. The molecule has 0 amide bonds. The van der Waals surface area contributed by atoms with Crippen molar-refractivity contribution >= 4 is 55.1 Å². The van der Waals surface area contributed by atoms with Gasteiger partial charge < -0.3 is 9.47 Å². The van der Waals surface area contributed by atoms with Crippen molar-refractivity contribution in [3.05, 3.63) is 192 Å². The number of ether oxygens (including phenoxy) is 2. The lowest BCUT2D eigenvalue weighted by atomic mass is 10.1. The maximum atomic E-state index is 12.3. The molecule has 0 heterocycles. The van der Waals surface area contributed by atoms with Crippen molar-refractivity contribution < 1.29 is 35.9 Å². The van der Waals surface area contributed by atoms with Gasteiger partial charge in [0.15, 0.2) is 11.6 Å². The average molecular weight is 787 g/mol. The zero-order valence-corrected chi connectivity index (χ0v) is 32.0. The van der Waals surface area contributed by atoms with Gasteiger partial charge in [-0.2, -0.15) is 0 Å². The quantitative estimate of drug-likeness (QED) is 0.0824. The summed E-state index contributed by atoms with van der Waals surface area (Å²) in [5.74, 6) is 1.15. The predicted octanol–water partition coefficient (Wildman–Crippen LogP) is 8.78. The Morgan fingerprint density at radius 2 is 0.768 bits per heavy atom. The van der Waals surface area contributed by atoms with Crippen LogP contribution in [0.2, 0.25) is 0 Å². The number of rotatable bonds is 14. The molecule has 12 heteroatoms. The molecule has 0 saturated carbocycles. The Morgan fingerprint density at radius 3 is 1.07 bits per heavy atom. The molecule has 0 radical (unpaired) electrons. The zero-order valence-electron chi connectivity index (χ0n) is 30.4. The Kier molecular flexibility index (Phi) is 13.7. The Hall–Kier alpha value is -6.76. The van der Waals surface area contributed by atoms with Crippen LogP contribution in [0.4, 0.5) is 11.4 Å². The summed E-state index contributed by atoms with van der Waals surface area (Å²) in [5, 5.41) is 0. The van der Waals surface area contributed by atoms with Crippen LogP contribution in [0.3, 0.4) is 0 Å². The standard InChI is InChI=1S/2C22H19NO4S/c2*1-27-20-14-7-17(8-15-20)9-16-22(24)18-10-12-19(13-11-18)23-28(25,26)21-5-3-2-4-6-21/h2*2-16,23H,1H3/b2*16-9+. The summed E-state index contributed by atoms with van der Waals surface area (Å²) in [6, 6.07) is 43.5. The van der Waals surface area contributed by atoms with Crippen LogP contribution in [0.1, 0.15) is 31.8 Å². The van der Waals surface area contributed by atoms with Gasteiger partial charge in [-0.3, -0.25) is 19.0 Å². The number of anilines is 2. The monoisotopic (exact) mass is 786 g/mol. The fourth-order valence-corrected chi connectivity index (χ4v) is 7.16. The SMILES string of the molecule is COc1ccc(/C=C/C(=O)c2ccc(NS(=O)(=O)c3ccccc3)cc2)cc1.COc1ccc(/C=C/C(=O)c2ccc(NS(=O)(=O)c3ccccc3)cc2)cc1. The highest BCUT2D eigenvalue weighted by molar-refractivity contribution is 7.93. The van der Waals surface area contributed by atoms with Gasteiger partial charge in [0.2, 0.25) is 0 Å². The van der Waals surface area contributed by atoms with Crippen LogP contribution < -0.4 is 18.9 Å². The van der Waals surface area contributed by atoms with Gasteiger partial charge in [0.05, 0.1) is 24.0 Å². The van der Waals surface area contributed by atoms with Gasteiger partial charge in [-0.05, 0) is 120 Å². The highest BCUT2D eigenvalue weighted by Crippen LogP contribution is 2.20. The molecule has 0 saturated heterocycles. The van der Waals surface area contributed by atoms with Crippen molar-refractivity contribution in [1.82, 2.24) is 0 Å². The Bertz CT molecular complexity index is 2320. The lowest BCUT2D eigenvalue weighted by Crippen LogP contribution is -2.12. The summed E-state index contributed by atoms with van der Waals surface area (Å²) in [5.41, 5.74) is 3.46. The van der Waals surface area contributed by atoms with E-state index in [9.17, 15) is 26.4 Å². The van der Waals surface area contributed by atoms with E-state index in [-0.39, 0.29) is 21.4 Å². The number of allylic oxidation sites excluding steroid dienone is 2. The summed E-state index contributed by atoms with van der Waals surface area (Å²) >= 11 is 0. The predicted molar refractivity (Wildman–Crippen MR) is 220 cm³/mol. The molecule has 56 heavy (non-hydrogen) atoms. The molecule has 284 valence electrons. The van der Waals surface area contributed by atoms with E-state index in [1.807, 2.05) is 48.5 Å². The molecule has 0 aromatic heterocycles. The fraction of sp³-hybridized carbons (Fsp3) is 0.0455. The van der Waals surface area contributed by atoms with Crippen molar-refractivity contribution in [2.45, 2.75) is 9.79 Å². The number of ketones is 2. The fourth-order valence-electron chi connectivity index (χ4n) is 5.00. The van der Waals surface area contributed by atoms with Gasteiger partial charge in [0.1, 0.15) is 11.5 Å². The second-order valence-electron chi connectivity index (χ2n) is 11.9. The summed E-state index contributed by atoms with van der Waals surface area (Å²) in [6.07, 6.45) is 6.39. The van der Waals surface area contributed by atoms with E-state index in [1.54, 1.807) is 111 Å². The molecule has 6 rings (SSSR count). The number of hydrogen-bond acceptors (Lipinski definition) is 8. The first-order valence-corrected chi connectivity index (χ1v) is 20.0. The number of methoxy groups -OCH3 is 2. The summed E-state index contributed by atoms with van der Waals surface area (Å²) in [4.78, 5) is 25.0. The van der Waals surface area contributed by atoms with E-state index in [0.29, 0.717) is 22.5 Å². The Labute approximate surface area is 326 Å². The molecule has 0 bridgehead atoms. The third-order valence-electron chi connectivity index (χ3n) is 8.04. The number of sulfonamides is 2. The maximum Gasteiger partial charge on any atom is 0.261 e. The van der Waals surface area contributed by atoms with Gasteiger partial charge in [0.25, 0.3) is 20.0 Å². The van der Waals surface area contributed by atoms with Crippen molar-refractivity contribution in [2.24, 2.45) is 0 Å². The first kappa shape index (κ1) is 40.4. The van der Waals surface area contributed by atoms with Gasteiger partial charge in [0, 0.05) is 22.5 Å². The highest BCUT2D eigenvalue weighted by atomic mass is 32.2. The van der Waals surface area contributed by atoms with Gasteiger partial charge in [-0.25, -0.2) is 16.8 Å². The topological polar surface area (TPSA) is 145 Å². The van der Waals surface area contributed by atoms with Crippen LogP contribution in [-0.2, 0) is 20.0 Å². The number of nitrogens with one attached hydrogen (secondary N) is 2. The normalized spacial score (nSPS) is 11.3. The van der Waals surface area contributed by atoms with E-state index in [1.165, 1.54) is 36.4 Å². The van der Waals surface area contributed by atoms with Gasteiger partial charge in [-0.15, -0.1) is 0 Å². The second kappa shape index (κ2) is 19.0. The average Bonchev–Trinajstić information content (AvgIpc) is 3.23. The summed E-state index contributed by atoms with van der Waals surface area (Å²) < 4.78 is 64.5. The molecular weight excluding hydrogens is 749 g/mol. The Balaban J connectivity index is 0.000000214. The van der Waals surface area contributed by atoms with Crippen LogP contribution in [-0.4, -0.2) is 42.6 Å². The molecule has 6 aromatic rings. The molecule has 0 spiro atoms. The lowest BCUT2D eigenvalue weighted by molar-refractivity contribution is 0.103. The van der Waals surface area contributed by atoms with Crippen LogP contribution in [0.5, 0.6) is 11.5 Å². The third-order valence-corrected chi connectivity index (χ3v) is 10.8. The van der Waals surface area contributed by atoms with Crippen LogP contribution >= 0.6 is 0 Å². The van der Waals surface area contributed by atoms with E-state index in [0.717, 1.165) is 22.6 Å². The minimum absolute atomic E-state index is 0.173. The van der Waals surface area contributed by atoms with Crippen molar-refractivity contribution in [1.29, 1.82) is 0 Å². The lowest BCUT2D eigenvalue weighted by Gasteiger charge is -2.08. The number of benzene rings is 6. The Morgan fingerprint density at radius 1 is 0.446 bits per heavy atom. The van der Waals surface area contributed by atoms with E-state index in [4.69, 9.17) is 9.47 Å². The minimum atomic E-state index is -3.66. The first-order chi connectivity index (χ1) is 27.0. The molecular formula is C44H38N2O8S2. The number of carbonyl (C=O) groups is 2. The molecule has 0 aliphatic heterocycles. The van der Waals surface area contributed by atoms with Crippen LogP contribution in [0.15, 0.2) is 180 Å². The van der Waals surface area contributed by atoms with Crippen LogP contribution in [0, 0.1) is 0 Å². The zero-order chi connectivity index (χ0) is 40.0. The van der Waals surface area contributed by atoms with E-state index < -0.39 is 20.0 Å². The van der Waals surface area contributed by atoms with E-state index in [2.05, 4.69) is 9.44 Å². The maximum absolute atomic E-state index is 12.3. The molecule has 2 N–H and O–H groups in total. The van der Waals surface area contributed by atoms with Crippen molar-refractivity contribution in [2.75, 3.05) is 23.7 Å². The van der Waals surface area contributed by atoms with Crippen LogP contribution in [0.25, 0.3) is 12.2 Å². The molecule has 0 atom stereocenters. The molecule has 0 fully saturated rings. The molecule has 0 unspecified atom stereocenters. The minimum Gasteiger partial charge on any atom is -0.497 e. The van der Waals surface area contributed by atoms with E-state index >= 15 is 0 Å². The largest absolute Gasteiger partial charge is 0.497 e. The van der Waals surface area contributed by atoms with Crippen molar-refractivity contribution in [3.63, 3.8) is 0 Å². The molecule has 0 aliphatic carbocycles. The second-order valence-corrected chi connectivity index (χ2v) is 15.3. The molecule has 0 aliphatic rings. The van der Waals surface area contributed by atoms with Gasteiger partial charge in [-0.1, -0.05) is 72.8 Å². The van der Waals surface area contributed by atoms with Gasteiger partial charge >= 0.3 is 0 Å². The first-order valence-electron chi connectivity index (χ1n) is 17.0. The summed E-state index contributed by atoms with van der Waals surface area (Å²) in [7, 11) is -4.12. The van der Waals surface area contributed by atoms with Crippen molar-refractivity contribution in [3.8, 4) is 11.5 Å². The number of carbonyl (C=O) groups excluding carboxylic acids is 2. The molecule has 6 aromatic carbocycles. The highest BCUT2D eigenvalue weighted by Gasteiger charge is 2.15.